The number of hydrogen-bond donors (Lipinski definition) is 1. The standard InChI is InChI=1S/C30H32N2O5/c1-4-36-25-16-20-13-14-32-28(24(20)17-26(25)37-5-2)27(22-11-6-7-12-23(22)30(32)34)29(33)31-18-19-9-8-10-21(15-19)35-3/h6-12,15-17,27-28H,4-5,13-14,18H2,1-3H3,(H,31,33)/t27-,28-/m1/s1. The van der Waals surface area contributed by atoms with Gasteiger partial charge in [-0.3, -0.25) is 9.59 Å². The summed E-state index contributed by atoms with van der Waals surface area (Å²) in [6.07, 6.45) is 0.685. The summed E-state index contributed by atoms with van der Waals surface area (Å²) in [6, 6.07) is 18.6. The molecule has 0 radical (unpaired) electrons. The molecule has 2 atom stereocenters. The topological polar surface area (TPSA) is 77.1 Å². The number of nitrogens with one attached hydrogen (secondary N) is 1. The number of methoxy groups -OCH3 is 1. The average Bonchev–Trinajstić information content (AvgIpc) is 2.92. The minimum absolute atomic E-state index is 0.0464. The molecule has 2 heterocycles. The Morgan fingerprint density at radius 3 is 2.49 bits per heavy atom. The molecule has 2 amide bonds. The first-order chi connectivity index (χ1) is 18.0. The first kappa shape index (κ1) is 24.7. The molecule has 1 N–H and O–H groups in total. The zero-order chi connectivity index (χ0) is 25.9. The Bertz CT molecular complexity index is 1320. The van der Waals surface area contributed by atoms with Crippen molar-refractivity contribution in [2.75, 3.05) is 26.9 Å². The summed E-state index contributed by atoms with van der Waals surface area (Å²) >= 11 is 0. The van der Waals surface area contributed by atoms with Crippen molar-refractivity contribution in [3.8, 4) is 17.2 Å². The van der Waals surface area contributed by atoms with Gasteiger partial charge in [0.1, 0.15) is 5.75 Å². The van der Waals surface area contributed by atoms with Crippen LogP contribution in [-0.4, -0.2) is 43.6 Å². The molecule has 37 heavy (non-hydrogen) atoms. The number of hydrogen-bond acceptors (Lipinski definition) is 5. The van der Waals surface area contributed by atoms with Gasteiger partial charge in [-0.1, -0.05) is 30.3 Å². The molecule has 192 valence electrons. The zero-order valence-electron chi connectivity index (χ0n) is 21.5. The van der Waals surface area contributed by atoms with Crippen molar-refractivity contribution >= 4 is 11.8 Å². The predicted molar refractivity (Wildman–Crippen MR) is 140 cm³/mol. The van der Waals surface area contributed by atoms with Gasteiger partial charge in [0, 0.05) is 18.7 Å². The fourth-order valence-corrected chi connectivity index (χ4v) is 5.44. The third-order valence-electron chi connectivity index (χ3n) is 7.07. The van der Waals surface area contributed by atoms with E-state index in [9.17, 15) is 9.59 Å². The Morgan fingerprint density at radius 2 is 1.73 bits per heavy atom. The van der Waals surface area contributed by atoms with E-state index in [-0.39, 0.29) is 11.8 Å². The van der Waals surface area contributed by atoms with Crippen LogP contribution in [0.1, 0.15) is 58.4 Å². The van der Waals surface area contributed by atoms with Gasteiger partial charge < -0.3 is 24.4 Å². The molecule has 7 heteroatoms. The highest BCUT2D eigenvalue weighted by atomic mass is 16.5. The van der Waals surface area contributed by atoms with E-state index in [4.69, 9.17) is 14.2 Å². The van der Waals surface area contributed by atoms with E-state index in [1.165, 1.54) is 0 Å². The van der Waals surface area contributed by atoms with Crippen molar-refractivity contribution in [3.63, 3.8) is 0 Å². The van der Waals surface area contributed by atoms with Crippen LogP contribution in [-0.2, 0) is 17.8 Å². The van der Waals surface area contributed by atoms with Gasteiger partial charge in [-0.15, -0.1) is 0 Å². The lowest BCUT2D eigenvalue weighted by Crippen LogP contribution is -2.50. The predicted octanol–water partition coefficient (Wildman–Crippen LogP) is 4.65. The van der Waals surface area contributed by atoms with E-state index >= 15 is 0 Å². The van der Waals surface area contributed by atoms with E-state index < -0.39 is 12.0 Å². The van der Waals surface area contributed by atoms with Crippen LogP contribution < -0.4 is 19.5 Å². The van der Waals surface area contributed by atoms with Crippen molar-refractivity contribution in [1.29, 1.82) is 0 Å². The molecule has 0 spiro atoms. The van der Waals surface area contributed by atoms with E-state index in [0.717, 1.165) is 28.0 Å². The SMILES string of the molecule is CCOc1cc2c(cc1OCC)[C@@H]1[C@H](C(=O)NCc3cccc(OC)c3)c3ccccc3C(=O)N1CC2. The number of benzene rings is 3. The summed E-state index contributed by atoms with van der Waals surface area (Å²) in [5.41, 5.74) is 4.28. The number of rotatable bonds is 8. The van der Waals surface area contributed by atoms with Gasteiger partial charge in [0.05, 0.1) is 32.3 Å². The van der Waals surface area contributed by atoms with E-state index in [0.29, 0.717) is 49.8 Å². The summed E-state index contributed by atoms with van der Waals surface area (Å²) < 4.78 is 17.1. The van der Waals surface area contributed by atoms with Crippen LogP contribution in [0.2, 0.25) is 0 Å². The highest BCUT2D eigenvalue weighted by molar-refractivity contribution is 6.01. The number of nitrogens with zero attached hydrogens (tertiary/aromatic N) is 1. The molecule has 2 aliphatic rings. The monoisotopic (exact) mass is 500 g/mol. The maximum Gasteiger partial charge on any atom is 0.254 e. The lowest BCUT2D eigenvalue weighted by atomic mass is 9.75. The van der Waals surface area contributed by atoms with Crippen LogP contribution in [0.3, 0.4) is 0 Å². The molecule has 0 aliphatic carbocycles. The Morgan fingerprint density at radius 1 is 0.973 bits per heavy atom. The number of ether oxygens (including phenoxy) is 3. The number of carbonyl (C=O) groups is 2. The second-order valence-corrected chi connectivity index (χ2v) is 9.19. The minimum atomic E-state index is -0.564. The van der Waals surface area contributed by atoms with Gasteiger partial charge in [-0.2, -0.15) is 0 Å². The van der Waals surface area contributed by atoms with Crippen LogP contribution in [0, 0.1) is 0 Å². The van der Waals surface area contributed by atoms with Crippen molar-refractivity contribution < 1.29 is 23.8 Å². The second-order valence-electron chi connectivity index (χ2n) is 9.19. The maximum atomic E-state index is 13.9. The smallest absolute Gasteiger partial charge is 0.254 e. The molecule has 0 unspecified atom stereocenters. The summed E-state index contributed by atoms with van der Waals surface area (Å²) in [4.78, 5) is 29.3. The van der Waals surface area contributed by atoms with Crippen LogP contribution in [0.15, 0.2) is 60.7 Å². The average molecular weight is 501 g/mol. The molecule has 3 aromatic carbocycles. The lowest BCUT2D eigenvalue weighted by Gasteiger charge is -2.45. The van der Waals surface area contributed by atoms with Crippen LogP contribution >= 0.6 is 0 Å². The number of carbonyl (C=O) groups excluding carboxylic acids is 2. The minimum Gasteiger partial charge on any atom is -0.497 e. The van der Waals surface area contributed by atoms with Crippen LogP contribution in [0.25, 0.3) is 0 Å². The molecule has 0 aromatic heterocycles. The molecular formula is C30H32N2O5. The first-order valence-corrected chi connectivity index (χ1v) is 12.8. The number of amides is 2. The van der Waals surface area contributed by atoms with Crippen molar-refractivity contribution in [2.45, 2.75) is 38.8 Å². The molecule has 0 bridgehead atoms. The quantitative estimate of drug-likeness (QED) is 0.487. The second kappa shape index (κ2) is 10.5. The Hall–Kier alpha value is -4.00. The van der Waals surface area contributed by atoms with Gasteiger partial charge in [0.25, 0.3) is 5.91 Å². The molecule has 7 nitrogen and oxygen atoms in total. The third-order valence-corrected chi connectivity index (χ3v) is 7.07. The summed E-state index contributed by atoms with van der Waals surface area (Å²) in [5.74, 6) is 1.32. The zero-order valence-corrected chi connectivity index (χ0v) is 21.5. The van der Waals surface area contributed by atoms with Gasteiger partial charge in [-0.25, -0.2) is 0 Å². The Balaban J connectivity index is 1.56. The fraction of sp³-hybridized carbons (Fsp3) is 0.333. The molecule has 3 aromatic rings. The highest BCUT2D eigenvalue weighted by Crippen LogP contribution is 2.48. The van der Waals surface area contributed by atoms with Crippen LogP contribution in [0.4, 0.5) is 0 Å². The molecule has 0 fully saturated rings. The summed E-state index contributed by atoms with van der Waals surface area (Å²) in [5, 5.41) is 3.12. The van der Waals surface area contributed by atoms with Crippen LogP contribution in [0.5, 0.6) is 17.2 Å². The maximum absolute atomic E-state index is 13.9. The van der Waals surface area contributed by atoms with E-state index in [2.05, 4.69) is 5.32 Å². The molecular weight excluding hydrogens is 468 g/mol. The van der Waals surface area contributed by atoms with Crippen molar-refractivity contribution in [1.82, 2.24) is 10.2 Å². The normalized spacial score (nSPS) is 17.8. The Labute approximate surface area is 217 Å². The van der Waals surface area contributed by atoms with Crippen molar-refractivity contribution in [2.24, 2.45) is 0 Å². The summed E-state index contributed by atoms with van der Waals surface area (Å²) in [6.45, 7) is 5.77. The molecule has 0 saturated carbocycles. The molecule has 5 rings (SSSR count). The molecule has 0 saturated heterocycles. The first-order valence-electron chi connectivity index (χ1n) is 12.8. The largest absolute Gasteiger partial charge is 0.497 e. The van der Waals surface area contributed by atoms with Gasteiger partial charge in [-0.05, 0) is 72.9 Å². The summed E-state index contributed by atoms with van der Waals surface area (Å²) in [7, 11) is 1.62. The third kappa shape index (κ3) is 4.61. The fourth-order valence-electron chi connectivity index (χ4n) is 5.44. The van der Waals surface area contributed by atoms with E-state index in [1.54, 1.807) is 7.11 Å². The lowest BCUT2D eigenvalue weighted by molar-refractivity contribution is -0.124. The van der Waals surface area contributed by atoms with Gasteiger partial charge in [0.2, 0.25) is 5.91 Å². The van der Waals surface area contributed by atoms with Gasteiger partial charge in [0.15, 0.2) is 11.5 Å². The van der Waals surface area contributed by atoms with Crippen molar-refractivity contribution in [3.05, 3.63) is 88.5 Å². The Kier molecular flexibility index (Phi) is 7.04. The van der Waals surface area contributed by atoms with E-state index in [1.807, 2.05) is 79.4 Å². The van der Waals surface area contributed by atoms with Gasteiger partial charge >= 0.3 is 0 Å². The molecule has 2 aliphatic heterocycles. The number of fused-ring (bicyclic) bond motifs is 4. The highest BCUT2D eigenvalue weighted by Gasteiger charge is 2.46.